The predicted molar refractivity (Wildman–Crippen MR) is 77.2 cm³/mol. The van der Waals surface area contributed by atoms with E-state index in [0.29, 0.717) is 11.6 Å². The fourth-order valence-electron chi connectivity index (χ4n) is 1.91. The lowest BCUT2D eigenvalue weighted by Crippen LogP contribution is -1.97. The molecule has 0 aliphatic heterocycles. The van der Waals surface area contributed by atoms with Gasteiger partial charge in [0.15, 0.2) is 0 Å². The van der Waals surface area contributed by atoms with Gasteiger partial charge in [-0.15, -0.1) is 0 Å². The fourth-order valence-corrected chi connectivity index (χ4v) is 1.91. The summed E-state index contributed by atoms with van der Waals surface area (Å²) < 4.78 is 10.8. The maximum Gasteiger partial charge on any atom is 0.219 e. The van der Waals surface area contributed by atoms with Crippen LogP contribution in [0.3, 0.4) is 0 Å². The van der Waals surface area contributed by atoms with Gasteiger partial charge >= 0.3 is 0 Å². The third-order valence-electron chi connectivity index (χ3n) is 2.89. The van der Waals surface area contributed by atoms with Crippen molar-refractivity contribution in [3.8, 4) is 17.4 Å². The number of hydrogen-bond acceptors (Lipinski definition) is 4. The van der Waals surface area contributed by atoms with Crippen molar-refractivity contribution in [2.45, 2.75) is 26.4 Å². The zero-order valence-corrected chi connectivity index (χ0v) is 11.8. The second-order valence-electron chi connectivity index (χ2n) is 4.49. The summed E-state index contributed by atoms with van der Waals surface area (Å²) in [4.78, 5) is 4.44. The second-order valence-corrected chi connectivity index (χ2v) is 4.49. The van der Waals surface area contributed by atoms with E-state index >= 15 is 0 Å². The van der Waals surface area contributed by atoms with Crippen LogP contribution in [0.15, 0.2) is 36.4 Å². The van der Waals surface area contributed by atoms with Gasteiger partial charge in [0.05, 0.1) is 13.7 Å². The fraction of sp³-hybridized carbons (Fsp3) is 0.312. The number of benzene rings is 1. The Labute approximate surface area is 119 Å². The average molecular weight is 273 g/mol. The number of rotatable bonds is 6. The number of aliphatic hydroxyl groups excluding tert-OH is 1. The summed E-state index contributed by atoms with van der Waals surface area (Å²) in [7, 11) is 1.62. The van der Waals surface area contributed by atoms with Gasteiger partial charge in [-0.3, -0.25) is 0 Å². The first kappa shape index (κ1) is 14.3. The van der Waals surface area contributed by atoms with Crippen LogP contribution in [-0.2, 0) is 13.0 Å². The van der Waals surface area contributed by atoms with Crippen molar-refractivity contribution in [3.63, 3.8) is 0 Å². The number of pyridine rings is 1. The van der Waals surface area contributed by atoms with E-state index in [1.165, 1.54) is 0 Å². The summed E-state index contributed by atoms with van der Waals surface area (Å²) in [6.45, 7) is 2.08. The van der Waals surface area contributed by atoms with E-state index in [1.54, 1.807) is 13.2 Å². The Morgan fingerprint density at radius 2 is 1.80 bits per heavy atom. The highest BCUT2D eigenvalue weighted by molar-refractivity contribution is 5.34. The first-order chi connectivity index (χ1) is 9.75. The van der Waals surface area contributed by atoms with E-state index in [1.807, 2.05) is 30.3 Å². The molecule has 0 aliphatic rings. The molecule has 0 radical (unpaired) electrons. The van der Waals surface area contributed by atoms with E-state index in [2.05, 4.69) is 11.9 Å². The molecule has 1 heterocycles. The molecule has 0 amide bonds. The Balaban J connectivity index is 2.20. The van der Waals surface area contributed by atoms with Crippen LogP contribution < -0.4 is 9.47 Å². The van der Waals surface area contributed by atoms with Gasteiger partial charge in [0.25, 0.3) is 0 Å². The molecule has 0 saturated heterocycles. The van der Waals surface area contributed by atoms with Crippen LogP contribution >= 0.6 is 0 Å². The van der Waals surface area contributed by atoms with Crippen LogP contribution in [0.2, 0.25) is 0 Å². The van der Waals surface area contributed by atoms with Gasteiger partial charge in [-0.25, -0.2) is 4.98 Å². The van der Waals surface area contributed by atoms with Gasteiger partial charge in [0.2, 0.25) is 5.88 Å². The van der Waals surface area contributed by atoms with Crippen LogP contribution in [0.25, 0.3) is 0 Å². The first-order valence-corrected chi connectivity index (χ1v) is 6.67. The van der Waals surface area contributed by atoms with Crippen LogP contribution in [0, 0.1) is 0 Å². The summed E-state index contributed by atoms with van der Waals surface area (Å²) in [5.74, 6) is 1.97. The van der Waals surface area contributed by atoms with Crippen molar-refractivity contribution >= 4 is 0 Å². The van der Waals surface area contributed by atoms with E-state index in [4.69, 9.17) is 9.47 Å². The lowest BCUT2D eigenvalue weighted by atomic mass is 10.2. The molecule has 1 aromatic carbocycles. The van der Waals surface area contributed by atoms with E-state index in [9.17, 15) is 5.11 Å². The minimum atomic E-state index is -0.0157. The minimum absolute atomic E-state index is 0.0157. The Morgan fingerprint density at radius 1 is 1.10 bits per heavy atom. The highest BCUT2D eigenvalue weighted by Gasteiger charge is 2.05. The number of ether oxygens (including phenoxy) is 2. The summed E-state index contributed by atoms with van der Waals surface area (Å²) in [5, 5.41) is 9.29. The Kier molecular flexibility index (Phi) is 4.96. The lowest BCUT2D eigenvalue weighted by Gasteiger charge is -2.09. The number of aryl methyl sites for hydroxylation is 1. The van der Waals surface area contributed by atoms with Gasteiger partial charge in [0.1, 0.15) is 11.5 Å². The van der Waals surface area contributed by atoms with Crippen LogP contribution in [0.1, 0.15) is 24.6 Å². The quantitative estimate of drug-likeness (QED) is 0.877. The molecule has 0 saturated carbocycles. The van der Waals surface area contributed by atoms with Gasteiger partial charge in [-0.1, -0.05) is 13.3 Å². The third-order valence-corrected chi connectivity index (χ3v) is 2.89. The smallest absolute Gasteiger partial charge is 0.219 e. The van der Waals surface area contributed by atoms with Crippen molar-refractivity contribution in [2.24, 2.45) is 0 Å². The molecule has 1 N–H and O–H groups in total. The van der Waals surface area contributed by atoms with Crippen LogP contribution in [-0.4, -0.2) is 17.2 Å². The molecule has 2 aromatic rings. The summed E-state index contributed by atoms with van der Waals surface area (Å²) in [6, 6.07) is 11.0. The Bertz CT molecular complexity index is 552. The number of methoxy groups -OCH3 is 1. The zero-order valence-electron chi connectivity index (χ0n) is 11.8. The van der Waals surface area contributed by atoms with Crippen molar-refractivity contribution < 1.29 is 14.6 Å². The van der Waals surface area contributed by atoms with Crippen molar-refractivity contribution in [1.29, 1.82) is 0 Å². The van der Waals surface area contributed by atoms with E-state index in [0.717, 1.165) is 29.8 Å². The largest absolute Gasteiger partial charge is 0.497 e. The summed E-state index contributed by atoms with van der Waals surface area (Å²) >= 11 is 0. The Morgan fingerprint density at radius 3 is 2.40 bits per heavy atom. The molecule has 106 valence electrons. The highest BCUT2D eigenvalue weighted by Crippen LogP contribution is 2.24. The Hall–Kier alpha value is -2.07. The predicted octanol–water partition coefficient (Wildman–Crippen LogP) is 3.33. The molecule has 0 unspecified atom stereocenters. The van der Waals surface area contributed by atoms with Gasteiger partial charge < -0.3 is 14.6 Å². The first-order valence-electron chi connectivity index (χ1n) is 6.67. The number of nitrogens with zero attached hydrogens (tertiary/aromatic N) is 1. The highest BCUT2D eigenvalue weighted by atomic mass is 16.5. The average Bonchev–Trinajstić information content (AvgIpc) is 2.48. The minimum Gasteiger partial charge on any atom is -0.497 e. The van der Waals surface area contributed by atoms with Crippen molar-refractivity contribution in [1.82, 2.24) is 4.98 Å². The van der Waals surface area contributed by atoms with Gasteiger partial charge in [-0.05, 0) is 42.3 Å². The number of aliphatic hydroxyl groups is 1. The number of hydrogen-bond donors (Lipinski definition) is 1. The molecule has 0 aliphatic carbocycles. The van der Waals surface area contributed by atoms with E-state index < -0.39 is 0 Å². The second kappa shape index (κ2) is 6.91. The summed E-state index contributed by atoms with van der Waals surface area (Å²) in [6.07, 6.45) is 1.87. The molecule has 0 bridgehead atoms. The molecular formula is C16H19NO3. The van der Waals surface area contributed by atoms with Crippen LogP contribution in [0.4, 0.5) is 0 Å². The molecule has 0 fully saturated rings. The zero-order chi connectivity index (χ0) is 14.4. The molecule has 20 heavy (non-hydrogen) atoms. The third kappa shape index (κ3) is 3.71. The van der Waals surface area contributed by atoms with Crippen molar-refractivity contribution in [2.75, 3.05) is 7.11 Å². The lowest BCUT2D eigenvalue weighted by molar-refractivity contribution is 0.280. The van der Waals surface area contributed by atoms with E-state index in [-0.39, 0.29) is 6.61 Å². The topological polar surface area (TPSA) is 51.6 Å². The molecule has 1 aromatic heterocycles. The van der Waals surface area contributed by atoms with Crippen LogP contribution in [0.5, 0.6) is 17.4 Å². The molecule has 0 spiro atoms. The maximum absolute atomic E-state index is 9.29. The maximum atomic E-state index is 9.29. The normalized spacial score (nSPS) is 10.3. The molecule has 2 rings (SSSR count). The van der Waals surface area contributed by atoms with Crippen molar-refractivity contribution in [3.05, 3.63) is 47.7 Å². The SMILES string of the molecule is CCCc1cc(CO)cc(Oc2ccc(OC)cc2)n1. The standard InChI is InChI=1S/C16H19NO3/c1-3-4-13-9-12(11-18)10-16(17-13)20-15-7-5-14(19-2)6-8-15/h5-10,18H,3-4,11H2,1-2H3. The molecular weight excluding hydrogens is 254 g/mol. The number of aromatic nitrogens is 1. The summed E-state index contributed by atoms with van der Waals surface area (Å²) in [5.41, 5.74) is 1.74. The molecule has 4 heteroatoms. The van der Waals surface area contributed by atoms with Gasteiger partial charge in [-0.2, -0.15) is 0 Å². The van der Waals surface area contributed by atoms with Gasteiger partial charge in [0, 0.05) is 11.8 Å². The molecule has 0 atom stereocenters. The monoisotopic (exact) mass is 273 g/mol. The molecule has 4 nitrogen and oxygen atoms in total.